The average Bonchev–Trinajstić information content (AvgIpc) is 0.807. The van der Waals surface area contributed by atoms with Crippen molar-refractivity contribution in [1.29, 1.82) is 0 Å². The fourth-order valence-electron chi connectivity index (χ4n) is 11.6. The Kier molecular flexibility index (Phi) is 29.4. The number of rotatable bonds is 28. The topological polar surface area (TPSA) is 690 Å². The van der Waals surface area contributed by atoms with Gasteiger partial charge in [0.25, 0.3) is 0 Å². The van der Waals surface area contributed by atoms with Crippen LogP contribution in [0.3, 0.4) is 0 Å². The van der Waals surface area contributed by atoms with Crippen LogP contribution in [0.25, 0.3) is 0 Å². The lowest BCUT2D eigenvalue weighted by atomic mass is 9.95. The van der Waals surface area contributed by atoms with Gasteiger partial charge in [-0.25, -0.2) is 0 Å². The predicted octanol–water partition coefficient (Wildman–Crippen LogP) is -18.3. The van der Waals surface area contributed by atoms with Crippen molar-refractivity contribution in [3.05, 3.63) is 0 Å². The predicted molar refractivity (Wildman–Crippen MR) is 289 cm³/mol. The lowest BCUT2D eigenvalue weighted by Crippen LogP contribution is -2.69. The van der Waals surface area contributed by atoms with Crippen LogP contribution < -0.4 is 10.6 Å². The second-order valence-electron chi connectivity index (χ2n) is 23.5. The Bertz CT molecular complexity index is 2360. The standard InChI is InChI=1S/C52H88N2O41/c1-12(63)53-14(3-55)41(91-52-44(36(77)29(70)20(9-61)89-52)94-49-39(80)34(75)27(68)18(7-59)86-49)42(92-46-23(54-13(2)64)31(72)24(65)15(4-56)83-46)22(90-47-37(78)32(73)25(66)16(5-57)84-47)11-82-51-45(95-50-40(81)35(76)28(69)19(8-60)87-50)43(30(71)21(10-62)88-51)93-48-38(79)33(74)26(67)17(6-58)85-48/h3,14-52,56-62,65-81H,4-11H2,1-2H3,(H,53,63)(H,54,64)/t14-,15+,16+,17+,18+,19+,20+,21+,22+,23+,24+,25+,26+,27+,28+,29+,30+,31+,32-,33-,34-,35-,36-,37-,38-,39-,40-,41+,42+,43-,44-,45-,46-,47-,48+,49+,50+,51-,52+/m0/s1. The summed E-state index contributed by atoms with van der Waals surface area (Å²) in [5.41, 5.74) is 0. The summed E-state index contributed by atoms with van der Waals surface area (Å²) >= 11 is 0. The molecule has 0 aromatic carbocycles. The van der Waals surface area contributed by atoms with E-state index in [9.17, 15) is 137 Å². The monoisotopic (exact) mass is 1400 g/mol. The molecule has 0 aromatic heterocycles. The minimum absolute atomic E-state index is 0.0930. The van der Waals surface area contributed by atoms with E-state index in [2.05, 4.69) is 10.6 Å². The van der Waals surface area contributed by atoms with Gasteiger partial charge in [-0.2, -0.15) is 0 Å². The Labute approximate surface area is 537 Å². The molecule has 43 heteroatoms. The first kappa shape index (κ1) is 79.4. The first-order valence-electron chi connectivity index (χ1n) is 29.9. The molecule has 7 aliphatic heterocycles. The Morgan fingerprint density at radius 3 is 1.11 bits per heavy atom. The molecule has 7 aliphatic rings. The molecule has 26 N–H and O–H groups in total. The average molecular weight is 1400 g/mol. The van der Waals surface area contributed by atoms with Gasteiger partial charge in [0.05, 0.1) is 52.9 Å². The fraction of sp³-hybridized carbons (Fsp3) is 0.942. The molecular formula is C52H88N2O41. The van der Waals surface area contributed by atoms with Crippen LogP contribution in [0.5, 0.6) is 0 Å². The highest BCUT2D eigenvalue weighted by atomic mass is 16.8. The maximum Gasteiger partial charge on any atom is 0.217 e. The summed E-state index contributed by atoms with van der Waals surface area (Å²) in [4.78, 5) is 40.0. The lowest BCUT2D eigenvalue weighted by Gasteiger charge is -2.50. The van der Waals surface area contributed by atoms with Gasteiger partial charge in [-0.3, -0.25) is 9.59 Å². The van der Waals surface area contributed by atoms with E-state index in [0.717, 1.165) is 13.8 Å². The van der Waals surface area contributed by atoms with Gasteiger partial charge < -0.3 is 204 Å². The van der Waals surface area contributed by atoms with Crippen LogP contribution in [0.2, 0.25) is 0 Å². The highest BCUT2D eigenvalue weighted by molar-refractivity contribution is 5.77. The number of carbonyl (C=O) groups is 3. The number of carbonyl (C=O) groups excluding carboxylic acids is 3. The normalized spacial score (nSPS) is 47.2. The maximum absolute atomic E-state index is 13.8. The van der Waals surface area contributed by atoms with Crippen molar-refractivity contribution in [3.8, 4) is 0 Å². The van der Waals surface area contributed by atoms with Crippen molar-refractivity contribution in [1.82, 2.24) is 10.6 Å². The molecule has 0 spiro atoms. The molecule has 0 aromatic rings. The molecule has 0 saturated carbocycles. The number of hydrogen-bond donors (Lipinski definition) is 26. The van der Waals surface area contributed by atoms with Crippen LogP contribution in [-0.4, -0.2) is 433 Å². The summed E-state index contributed by atoms with van der Waals surface area (Å²) in [6.45, 7) is -7.82. The summed E-state index contributed by atoms with van der Waals surface area (Å²) in [6.07, 6.45) is -82.7. The highest BCUT2D eigenvalue weighted by Crippen LogP contribution is 2.38. The van der Waals surface area contributed by atoms with E-state index in [4.69, 9.17) is 66.3 Å². The van der Waals surface area contributed by atoms with Crippen LogP contribution >= 0.6 is 0 Å². The third-order valence-electron chi connectivity index (χ3n) is 17.0. The Morgan fingerprint density at radius 1 is 0.358 bits per heavy atom. The maximum atomic E-state index is 13.8. The van der Waals surface area contributed by atoms with Crippen LogP contribution in [0.15, 0.2) is 0 Å². The number of amides is 2. The number of ether oxygens (including phenoxy) is 14. The van der Waals surface area contributed by atoms with Crippen molar-refractivity contribution in [2.75, 3.05) is 52.9 Å². The quantitative estimate of drug-likeness (QED) is 0.0324. The van der Waals surface area contributed by atoms with E-state index in [1.165, 1.54) is 0 Å². The zero-order valence-corrected chi connectivity index (χ0v) is 50.4. The molecule has 0 unspecified atom stereocenters. The molecule has 0 radical (unpaired) electrons. The molecule has 43 nitrogen and oxygen atoms in total. The van der Waals surface area contributed by atoms with E-state index in [1.54, 1.807) is 0 Å². The zero-order chi connectivity index (χ0) is 70.3. The van der Waals surface area contributed by atoms with Gasteiger partial charge in [-0.1, -0.05) is 0 Å². The molecule has 39 atom stereocenters. The molecule has 0 aliphatic carbocycles. The van der Waals surface area contributed by atoms with Crippen molar-refractivity contribution >= 4 is 18.1 Å². The minimum Gasteiger partial charge on any atom is -0.394 e. The molecule has 7 heterocycles. The summed E-state index contributed by atoms with van der Waals surface area (Å²) in [6, 6.07) is -4.41. The van der Waals surface area contributed by atoms with Crippen LogP contribution in [-0.2, 0) is 80.7 Å². The van der Waals surface area contributed by atoms with Crippen LogP contribution in [0.4, 0.5) is 0 Å². The number of aliphatic hydroxyl groups is 24. The molecular weight excluding hydrogens is 1310 g/mol. The summed E-state index contributed by atoms with van der Waals surface area (Å²) in [7, 11) is 0. The van der Waals surface area contributed by atoms with Gasteiger partial charge in [0, 0.05) is 13.8 Å². The fourth-order valence-corrected chi connectivity index (χ4v) is 11.6. The van der Waals surface area contributed by atoms with Crippen molar-refractivity contribution in [2.45, 2.75) is 253 Å². The number of hydrogen-bond acceptors (Lipinski definition) is 41. The second kappa shape index (κ2) is 35.1. The summed E-state index contributed by atoms with van der Waals surface area (Å²) in [5, 5.41) is 266. The zero-order valence-electron chi connectivity index (χ0n) is 50.4. The number of aldehydes is 1. The van der Waals surface area contributed by atoms with Crippen LogP contribution in [0, 0.1) is 0 Å². The van der Waals surface area contributed by atoms with Crippen LogP contribution in [0.1, 0.15) is 13.8 Å². The van der Waals surface area contributed by atoms with E-state index < -0.39 is 304 Å². The third-order valence-corrected chi connectivity index (χ3v) is 17.0. The van der Waals surface area contributed by atoms with Gasteiger partial charge in [0.15, 0.2) is 44.0 Å². The third kappa shape index (κ3) is 17.7. The Morgan fingerprint density at radius 2 is 0.695 bits per heavy atom. The highest BCUT2D eigenvalue weighted by Gasteiger charge is 2.59. The number of nitrogens with one attached hydrogen (secondary N) is 2. The molecule has 2 amide bonds. The van der Waals surface area contributed by atoms with E-state index in [1.807, 2.05) is 0 Å². The van der Waals surface area contributed by atoms with Gasteiger partial charge in [-0.15, -0.1) is 0 Å². The smallest absolute Gasteiger partial charge is 0.217 e. The summed E-state index contributed by atoms with van der Waals surface area (Å²) < 4.78 is 83.5. The molecule has 7 saturated heterocycles. The first-order valence-corrected chi connectivity index (χ1v) is 29.9. The minimum atomic E-state index is -2.67. The summed E-state index contributed by atoms with van der Waals surface area (Å²) in [5.74, 6) is -2.15. The molecule has 7 fully saturated rings. The first-order chi connectivity index (χ1) is 44.9. The van der Waals surface area contributed by atoms with E-state index in [-0.39, 0.29) is 6.29 Å². The molecule has 95 heavy (non-hydrogen) atoms. The largest absolute Gasteiger partial charge is 0.394 e. The Hall–Kier alpha value is -2.91. The van der Waals surface area contributed by atoms with Gasteiger partial charge in [0.1, 0.15) is 201 Å². The molecule has 7 rings (SSSR count). The van der Waals surface area contributed by atoms with E-state index >= 15 is 0 Å². The van der Waals surface area contributed by atoms with Crippen molar-refractivity contribution < 1.29 is 203 Å². The second-order valence-corrected chi connectivity index (χ2v) is 23.5. The lowest BCUT2D eigenvalue weighted by molar-refractivity contribution is -0.397. The molecule has 552 valence electrons. The van der Waals surface area contributed by atoms with E-state index in [0.29, 0.717) is 0 Å². The SMILES string of the molecule is CC(=O)N[C@H]1[C@H](O[C@@H]([C@H](O[C@H]2O[C@H](CO)[C@@H](O)[C@H](O)[C@@H]2O[C@H]2O[C@H](CO)[C@@H](O)[C@H](O)[C@@H]2O)[C@H](C=O)NC(C)=O)[C@@H](CO[C@H]2O[C@H](CO)[C@@H](O)[C@H](O[C@H]3O[C@H](CO)[C@@H](O)[C@H](O)[C@@H]3O)[C@@H]2O[C@H]2O[C@H](CO)[C@@H](O)[C@H](O)[C@@H]2O)O[C@@H]2O[C@H](CO)[C@@H](O)[C@H](O)[C@@H]2O)O[C@H](CO)[C@@H](O)[C@@H]1O. The van der Waals surface area contributed by atoms with Gasteiger partial charge >= 0.3 is 0 Å². The van der Waals surface area contributed by atoms with Gasteiger partial charge in [-0.05, 0) is 0 Å². The van der Waals surface area contributed by atoms with Gasteiger partial charge in [0.2, 0.25) is 11.8 Å². The molecule has 0 bridgehead atoms. The van der Waals surface area contributed by atoms with Crippen molar-refractivity contribution in [3.63, 3.8) is 0 Å². The number of aliphatic hydroxyl groups excluding tert-OH is 24. The Balaban J connectivity index is 1.45. The van der Waals surface area contributed by atoms with Crippen molar-refractivity contribution in [2.24, 2.45) is 0 Å².